The van der Waals surface area contributed by atoms with Crippen LogP contribution in [-0.2, 0) is 11.3 Å². The molecule has 0 aliphatic carbocycles. The first kappa shape index (κ1) is 15.5. The summed E-state index contributed by atoms with van der Waals surface area (Å²) in [5.74, 6) is 3.80. The average molecular weight is 329 g/mol. The van der Waals surface area contributed by atoms with Crippen LogP contribution in [0.1, 0.15) is 23.7 Å². The van der Waals surface area contributed by atoms with Crippen molar-refractivity contribution < 1.29 is 4.79 Å². The quantitative estimate of drug-likeness (QED) is 0.690. The number of amides is 1. The van der Waals surface area contributed by atoms with E-state index in [4.69, 9.17) is 11.4 Å². The zero-order valence-corrected chi connectivity index (χ0v) is 14.1. The highest BCUT2D eigenvalue weighted by atomic mass is 16.2. The third kappa shape index (κ3) is 2.68. The molecule has 1 aliphatic heterocycles. The average Bonchev–Trinajstić information content (AvgIpc) is 3.16. The van der Waals surface area contributed by atoms with Crippen LogP contribution >= 0.6 is 0 Å². The van der Waals surface area contributed by atoms with Crippen molar-refractivity contribution >= 4 is 22.6 Å². The van der Waals surface area contributed by atoms with E-state index in [-0.39, 0.29) is 11.8 Å². The van der Waals surface area contributed by atoms with Crippen LogP contribution in [0, 0.1) is 19.3 Å². The second-order valence-electron chi connectivity index (χ2n) is 6.49. The summed E-state index contributed by atoms with van der Waals surface area (Å²) in [6.45, 7) is 3.13. The Morgan fingerprint density at radius 3 is 2.88 bits per heavy atom. The van der Waals surface area contributed by atoms with E-state index >= 15 is 0 Å². The highest BCUT2D eigenvalue weighted by Crippen LogP contribution is 2.33. The minimum absolute atomic E-state index is 0.0498. The van der Waals surface area contributed by atoms with E-state index in [9.17, 15) is 4.79 Å². The number of hydrogen-bond donors (Lipinski definition) is 0. The molecule has 2 aromatic carbocycles. The molecule has 1 saturated heterocycles. The minimum Gasteiger partial charge on any atom is -0.316 e. The van der Waals surface area contributed by atoms with Crippen molar-refractivity contribution in [3.63, 3.8) is 0 Å². The number of benzene rings is 2. The van der Waals surface area contributed by atoms with Crippen LogP contribution in [0.4, 0.5) is 5.69 Å². The fraction of sp³-hybridized carbons (Fsp3) is 0.238. The highest BCUT2D eigenvalue weighted by molar-refractivity contribution is 5.96. The van der Waals surface area contributed by atoms with Gasteiger partial charge in [-0.15, -0.1) is 6.42 Å². The van der Waals surface area contributed by atoms with Gasteiger partial charge in [0.2, 0.25) is 5.91 Å². The van der Waals surface area contributed by atoms with Crippen LogP contribution in [0.15, 0.2) is 48.5 Å². The Balaban J connectivity index is 1.72. The molecular formula is C21H19N3O. The molecule has 1 aromatic heterocycles. The predicted molar refractivity (Wildman–Crippen MR) is 99.5 cm³/mol. The number of hydrogen-bond acceptors (Lipinski definition) is 2. The Labute approximate surface area is 147 Å². The number of rotatable bonds is 3. The summed E-state index contributed by atoms with van der Waals surface area (Å²) in [6, 6.07) is 16.0. The molecule has 1 atom stereocenters. The standard InChI is InChI=1S/C21H19N3O/c1-3-11-23-19-10-5-4-9-18(19)22-21(23)16-13-20(25)24(14-16)17-8-6-7-15(2)12-17/h1,4-10,12,16H,11,13-14H2,2H3/t16-/m0/s1. The molecule has 124 valence electrons. The maximum atomic E-state index is 12.6. The Kier molecular flexibility index (Phi) is 3.77. The number of carbonyl (C=O) groups excluding carboxylic acids is 1. The van der Waals surface area contributed by atoms with E-state index in [2.05, 4.69) is 10.5 Å². The molecule has 4 heteroatoms. The number of fused-ring (bicyclic) bond motifs is 1. The lowest BCUT2D eigenvalue weighted by Crippen LogP contribution is -2.24. The molecule has 4 nitrogen and oxygen atoms in total. The molecular weight excluding hydrogens is 310 g/mol. The summed E-state index contributed by atoms with van der Waals surface area (Å²) in [7, 11) is 0. The molecule has 4 rings (SSSR count). The maximum absolute atomic E-state index is 12.6. The molecule has 2 heterocycles. The molecule has 0 unspecified atom stereocenters. The normalized spacial score (nSPS) is 17.2. The lowest BCUT2D eigenvalue weighted by atomic mass is 10.1. The number of imidazole rings is 1. The Bertz CT molecular complexity index is 996. The Morgan fingerprint density at radius 1 is 1.24 bits per heavy atom. The van der Waals surface area contributed by atoms with Gasteiger partial charge < -0.3 is 9.47 Å². The molecule has 0 bridgehead atoms. The van der Waals surface area contributed by atoms with E-state index in [1.165, 1.54) is 0 Å². The van der Waals surface area contributed by atoms with E-state index < -0.39 is 0 Å². The molecule has 0 spiro atoms. The fourth-order valence-electron chi connectivity index (χ4n) is 3.59. The van der Waals surface area contributed by atoms with Crippen LogP contribution in [-0.4, -0.2) is 22.0 Å². The Morgan fingerprint density at radius 2 is 2.08 bits per heavy atom. The van der Waals surface area contributed by atoms with Crippen molar-refractivity contribution in [1.29, 1.82) is 0 Å². The van der Waals surface area contributed by atoms with Gasteiger partial charge in [-0.2, -0.15) is 0 Å². The minimum atomic E-state index is 0.0498. The van der Waals surface area contributed by atoms with Crippen LogP contribution < -0.4 is 4.90 Å². The molecule has 1 fully saturated rings. The largest absolute Gasteiger partial charge is 0.316 e. The van der Waals surface area contributed by atoms with Gasteiger partial charge in [0.15, 0.2) is 0 Å². The van der Waals surface area contributed by atoms with E-state index in [1.807, 2.05) is 60.4 Å². The first-order valence-electron chi connectivity index (χ1n) is 8.43. The van der Waals surface area contributed by atoms with Crippen molar-refractivity contribution in [2.75, 3.05) is 11.4 Å². The lowest BCUT2D eigenvalue weighted by molar-refractivity contribution is -0.117. The third-order valence-corrected chi connectivity index (χ3v) is 4.74. The second kappa shape index (κ2) is 6.10. The van der Waals surface area contributed by atoms with E-state index in [0.717, 1.165) is 28.1 Å². The number of carbonyl (C=O) groups is 1. The number of aromatic nitrogens is 2. The summed E-state index contributed by atoms with van der Waals surface area (Å²) >= 11 is 0. The smallest absolute Gasteiger partial charge is 0.227 e. The van der Waals surface area contributed by atoms with Crippen molar-refractivity contribution in [3.05, 3.63) is 59.9 Å². The van der Waals surface area contributed by atoms with Gasteiger partial charge >= 0.3 is 0 Å². The monoisotopic (exact) mass is 329 g/mol. The zero-order chi connectivity index (χ0) is 17.4. The van der Waals surface area contributed by atoms with Gasteiger partial charge in [0.25, 0.3) is 0 Å². The van der Waals surface area contributed by atoms with Crippen LogP contribution in [0.25, 0.3) is 11.0 Å². The van der Waals surface area contributed by atoms with Gasteiger partial charge in [0, 0.05) is 24.6 Å². The first-order valence-corrected chi connectivity index (χ1v) is 8.43. The first-order chi connectivity index (χ1) is 12.2. The topological polar surface area (TPSA) is 38.1 Å². The molecule has 0 radical (unpaired) electrons. The summed E-state index contributed by atoms with van der Waals surface area (Å²) < 4.78 is 2.06. The van der Waals surface area contributed by atoms with Gasteiger partial charge in [-0.1, -0.05) is 30.2 Å². The molecule has 0 saturated carbocycles. The molecule has 3 aromatic rings. The van der Waals surface area contributed by atoms with Gasteiger partial charge in [0.05, 0.1) is 17.6 Å². The van der Waals surface area contributed by atoms with Crippen molar-refractivity contribution in [1.82, 2.24) is 9.55 Å². The van der Waals surface area contributed by atoms with Gasteiger partial charge in [-0.25, -0.2) is 4.98 Å². The Hall–Kier alpha value is -3.06. The van der Waals surface area contributed by atoms with Gasteiger partial charge in [-0.3, -0.25) is 4.79 Å². The van der Waals surface area contributed by atoms with E-state index in [0.29, 0.717) is 19.5 Å². The molecule has 1 aliphatic rings. The number of terminal acetylenes is 1. The fourth-order valence-corrected chi connectivity index (χ4v) is 3.59. The van der Waals surface area contributed by atoms with Gasteiger partial charge in [0.1, 0.15) is 5.82 Å². The maximum Gasteiger partial charge on any atom is 0.227 e. The second-order valence-corrected chi connectivity index (χ2v) is 6.49. The number of anilines is 1. The number of nitrogens with zero attached hydrogens (tertiary/aromatic N) is 3. The van der Waals surface area contributed by atoms with Crippen LogP contribution in [0.2, 0.25) is 0 Å². The van der Waals surface area contributed by atoms with Crippen molar-refractivity contribution in [2.45, 2.75) is 25.8 Å². The third-order valence-electron chi connectivity index (χ3n) is 4.74. The van der Waals surface area contributed by atoms with E-state index in [1.54, 1.807) is 0 Å². The molecule has 1 amide bonds. The molecule has 0 N–H and O–H groups in total. The van der Waals surface area contributed by atoms with Crippen LogP contribution in [0.3, 0.4) is 0 Å². The summed E-state index contributed by atoms with van der Waals surface area (Å²) in [4.78, 5) is 19.2. The molecule has 25 heavy (non-hydrogen) atoms. The van der Waals surface area contributed by atoms with Gasteiger partial charge in [-0.05, 0) is 36.8 Å². The highest BCUT2D eigenvalue weighted by Gasteiger charge is 2.34. The summed E-state index contributed by atoms with van der Waals surface area (Å²) in [6.07, 6.45) is 6.02. The van der Waals surface area contributed by atoms with Crippen molar-refractivity contribution in [2.24, 2.45) is 0 Å². The summed E-state index contributed by atoms with van der Waals surface area (Å²) in [5.41, 5.74) is 4.05. The van der Waals surface area contributed by atoms with Crippen LogP contribution in [0.5, 0.6) is 0 Å². The van der Waals surface area contributed by atoms with Crippen molar-refractivity contribution in [3.8, 4) is 12.3 Å². The number of aryl methyl sites for hydroxylation is 1. The predicted octanol–water partition coefficient (Wildman–Crippen LogP) is 3.50. The number of para-hydroxylation sites is 2. The summed E-state index contributed by atoms with van der Waals surface area (Å²) in [5, 5.41) is 0. The lowest BCUT2D eigenvalue weighted by Gasteiger charge is -2.17. The SMILES string of the molecule is C#CCn1c([C@H]2CC(=O)N(c3cccc(C)c3)C2)nc2ccccc21. The zero-order valence-electron chi connectivity index (χ0n) is 14.1.